The monoisotopic (exact) mass is 397 g/mol. The molecule has 1 amide bonds. The zero-order valence-electron chi connectivity index (χ0n) is 16.9. The molecule has 1 aliphatic heterocycles. The predicted molar refractivity (Wildman–Crippen MR) is 112 cm³/mol. The molecular formula is C23H27NO5. The van der Waals surface area contributed by atoms with Crippen LogP contribution in [0, 0.1) is 0 Å². The van der Waals surface area contributed by atoms with Gasteiger partial charge in [-0.2, -0.15) is 0 Å². The Balaban J connectivity index is 1.61. The summed E-state index contributed by atoms with van der Waals surface area (Å²) in [7, 11) is 0. The van der Waals surface area contributed by atoms with Crippen LogP contribution in [0.2, 0.25) is 0 Å². The van der Waals surface area contributed by atoms with E-state index < -0.39 is 0 Å². The molecule has 2 aromatic rings. The van der Waals surface area contributed by atoms with E-state index in [1.807, 2.05) is 43.3 Å². The Morgan fingerprint density at radius 2 is 1.97 bits per heavy atom. The van der Waals surface area contributed by atoms with E-state index in [0.717, 1.165) is 17.5 Å². The van der Waals surface area contributed by atoms with Gasteiger partial charge in [0.25, 0.3) is 0 Å². The third-order valence-electron chi connectivity index (χ3n) is 4.26. The van der Waals surface area contributed by atoms with Crippen molar-refractivity contribution in [2.45, 2.75) is 26.8 Å². The number of nitrogens with one attached hydrogen (secondary N) is 1. The Hall–Kier alpha value is -3.15. The smallest absolute Gasteiger partial charge is 0.244 e. The molecule has 0 fully saturated rings. The first kappa shape index (κ1) is 20.6. The summed E-state index contributed by atoms with van der Waals surface area (Å²) in [6.45, 7) is 6.58. The molecule has 1 N–H and O–H groups in total. The molecule has 1 aliphatic rings. The van der Waals surface area contributed by atoms with Crippen molar-refractivity contribution in [3.05, 3.63) is 53.6 Å². The van der Waals surface area contributed by atoms with E-state index in [-0.39, 0.29) is 5.91 Å². The number of carbonyl (C=O) groups excluding carboxylic acids is 1. The van der Waals surface area contributed by atoms with Crippen LogP contribution in [0.25, 0.3) is 6.08 Å². The summed E-state index contributed by atoms with van der Waals surface area (Å²) in [4.78, 5) is 12.3. The maximum Gasteiger partial charge on any atom is 0.244 e. The van der Waals surface area contributed by atoms with Crippen molar-refractivity contribution < 1.29 is 23.7 Å². The van der Waals surface area contributed by atoms with E-state index in [1.54, 1.807) is 6.08 Å². The zero-order chi connectivity index (χ0) is 20.5. The molecule has 0 saturated carbocycles. The van der Waals surface area contributed by atoms with Crippen LogP contribution in [0.15, 0.2) is 42.5 Å². The molecule has 0 saturated heterocycles. The lowest BCUT2D eigenvalue weighted by molar-refractivity contribution is -0.116. The van der Waals surface area contributed by atoms with Gasteiger partial charge in [0.2, 0.25) is 5.91 Å². The average Bonchev–Trinajstić information content (AvgIpc) is 2.75. The molecule has 0 radical (unpaired) electrons. The minimum atomic E-state index is -0.191. The fourth-order valence-corrected chi connectivity index (χ4v) is 2.91. The highest BCUT2D eigenvalue weighted by molar-refractivity contribution is 5.91. The summed E-state index contributed by atoms with van der Waals surface area (Å²) in [5, 5.41) is 2.88. The SMILES string of the molecule is CCCOc1ccc(/C=C/C(=O)NCc2cccc3c2OCCO3)cc1OCC. The summed E-state index contributed by atoms with van der Waals surface area (Å²) in [5.41, 5.74) is 1.75. The first-order chi connectivity index (χ1) is 14.2. The standard InChI is InChI=1S/C23H27NO5/c1-3-12-27-19-10-8-17(15-21(19)26-4-2)9-11-22(25)24-16-18-6-5-7-20-23(18)29-14-13-28-20/h5-11,15H,3-4,12-14,16H2,1-2H3,(H,24,25)/b11-9+. The third kappa shape index (κ3) is 5.67. The van der Waals surface area contributed by atoms with Crippen molar-refractivity contribution in [2.75, 3.05) is 26.4 Å². The number of para-hydroxylation sites is 1. The van der Waals surface area contributed by atoms with Crippen LogP contribution in [0.3, 0.4) is 0 Å². The molecule has 1 heterocycles. The van der Waals surface area contributed by atoms with Crippen LogP contribution in [0.1, 0.15) is 31.4 Å². The largest absolute Gasteiger partial charge is 0.490 e. The fourth-order valence-electron chi connectivity index (χ4n) is 2.91. The summed E-state index contributed by atoms with van der Waals surface area (Å²) in [6, 6.07) is 11.3. The van der Waals surface area contributed by atoms with Gasteiger partial charge in [0, 0.05) is 18.2 Å². The molecule has 0 unspecified atom stereocenters. The highest BCUT2D eigenvalue weighted by atomic mass is 16.6. The Morgan fingerprint density at radius 3 is 2.79 bits per heavy atom. The normalized spacial score (nSPS) is 12.6. The van der Waals surface area contributed by atoms with Gasteiger partial charge < -0.3 is 24.3 Å². The van der Waals surface area contributed by atoms with Crippen LogP contribution in [-0.2, 0) is 11.3 Å². The number of carbonyl (C=O) groups is 1. The fraction of sp³-hybridized carbons (Fsp3) is 0.348. The average molecular weight is 397 g/mol. The highest BCUT2D eigenvalue weighted by Crippen LogP contribution is 2.33. The maximum atomic E-state index is 12.3. The number of hydrogen-bond donors (Lipinski definition) is 1. The number of ether oxygens (including phenoxy) is 4. The highest BCUT2D eigenvalue weighted by Gasteiger charge is 2.15. The van der Waals surface area contributed by atoms with Gasteiger partial charge >= 0.3 is 0 Å². The van der Waals surface area contributed by atoms with Gasteiger partial charge in [0.05, 0.1) is 13.2 Å². The number of fused-ring (bicyclic) bond motifs is 1. The Bertz CT molecular complexity index is 862. The molecule has 0 atom stereocenters. The van der Waals surface area contributed by atoms with Gasteiger partial charge in [-0.15, -0.1) is 0 Å². The molecule has 2 aromatic carbocycles. The van der Waals surface area contributed by atoms with Crippen LogP contribution < -0.4 is 24.3 Å². The molecule has 0 bridgehead atoms. The molecule has 6 nitrogen and oxygen atoms in total. The first-order valence-corrected chi connectivity index (χ1v) is 9.94. The van der Waals surface area contributed by atoms with E-state index in [9.17, 15) is 4.79 Å². The van der Waals surface area contributed by atoms with Gasteiger partial charge in [0.1, 0.15) is 13.2 Å². The van der Waals surface area contributed by atoms with Gasteiger partial charge in [-0.1, -0.05) is 25.1 Å². The van der Waals surface area contributed by atoms with Gasteiger partial charge in [-0.3, -0.25) is 4.79 Å². The summed E-state index contributed by atoms with van der Waals surface area (Å²) < 4.78 is 22.6. The van der Waals surface area contributed by atoms with E-state index in [0.29, 0.717) is 56.0 Å². The minimum Gasteiger partial charge on any atom is -0.490 e. The predicted octanol–water partition coefficient (Wildman–Crippen LogP) is 3.97. The van der Waals surface area contributed by atoms with Gasteiger partial charge in [-0.05, 0) is 43.2 Å². The molecule has 29 heavy (non-hydrogen) atoms. The van der Waals surface area contributed by atoms with Crippen molar-refractivity contribution in [3.63, 3.8) is 0 Å². The molecule has 0 aliphatic carbocycles. The second kappa shape index (κ2) is 10.4. The summed E-state index contributed by atoms with van der Waals surface area (Å²) >= 11 is 0. The lowest BCUT2D eigenvalue weighted by Gasteiger charge is -2.20. The second-order valence-electron chi connectivity index (χ2n) is 6.48. The van der Waals surface area contributed by atoms with Gasteiger partial charge in [0.15, 0.2) is 23.0 Å². The van der Waals surface area contributed by atoms with Crippen LogP contribution in [0.5, 0.6) is 23.0 Å². The van der Waals surface area contributed by atoms with Crippen LogP contribution in [0.4, 0.5) is 0 Å². The number of amides is 1. The van der Waals surface area contributed by atoms with E-state index in [2.05, 4.69) is 12.2 Å². The lowest BCUT2D eigenvalue weighted by Crippen LogP contribution is -2.22. The maximum absolute atomic E-state index is 12.3. The summed E-state index contributed by atoms with van der Waals surface area (Å²) in [6.07, 6.45) is 4.18. The third-order valence-corrected chi connectivity index (χ3v) is 4.26. The second-order valence-corrected chi connectivity index (χ2v) is 6.48. The molecule has 3 rings (SSSR count). The Morgan fingerprint density at radius 1 is 1.10 bits per heavy atom. The van der Waals surface area contributed by atoms with E-state index >= 15 is 0 Å². The van der Waals surface area contributed by atoms with Crippen molar-refractivity contribution >= 4 is 12.0 Å². The van der Waals surface area contributed by atoms with Gasteiger partial charge in [-0.25, -0.2) is 0 Å². The van der Waals surface area contributed by atoms with Crippen LogP contribution >= 0.6 is 0 Å². The van der Waals surface area contributed by atoms with Crippen molar-refractivity contribution in [1.29, 1.82) is 0 Å². The van der Waals surface area contributed by atoms with E-state index in [4.69, 9.17) is 18.9 Å². The zero-order valence-corrected chi connectivity index (χ0v) is 16.9. The van der Waals surface area contributed by atoms with Crippen molar-refractivity contribution in [3.8, 4) is 23.0 Å². The topological polar surface area (TPSA) is 66.0 Å². The molecule has 6 heteroatoms. The Kier molecular flexibility index (Phi) is 7.39. The van der Waals surface area contributed by atoms with Crippen LogP contribution in [-0.4, -0.2) is 32.3 Å². The number of benzene rings is 2. The molecule has 154 valence electrons. The van der Waals surface area contributed by atoms with Crippen molar-refractivity contribution in [1.82, 2.24) is 5.32 Å². The minimum absolute atomic E-state index is 0.191. The quantitative estimate of drug-likeness (QED) is 0.649. The van der Waals surface area contributed by atoms with E-state index in [1.165, 1.54) is 6.08 Å². The molecule has 0 aromatic heterocycles. The molecule has 0 spiro atoms. The Labute approximate surface area is 171 Å². The number of hydrogen-bond acceptors (Lipinski definition) is 5. The lowest BCUT2D eigenvalue weighted by atomic mass is 10.1. The molecular weight excluding hydrogens is 370 g/mol. The number of rotatable bonds is 9. The summed E-state index contributed by atoms with van der Waals surface area (Å²) in [5.74, 6) is 2.62. The first-order valence-electron chi connectivity index (χ1n) is 9.94. The van der Waals surface area contributed by atoms with Crippen molar-refractivity contribution in [2.24, 2.45) is 0 Å².